The van der Waals surface area contributed by atoms with Crippen LogP contribution in [0.1, 0.15) is 20.8 Å². The minimum atomic E-state index is -1.75. The Morgan fingerprint density at radius 1 is 1.46 bits per heavy atom. The maximum absolute atomic E-state index is 8.61. The Kier molecular flexibility index (Phi) is 26.6. The average Bonchev–Trinajstić information content (AvgIpc) is 2.05. The second-order valence-corrected chi connectivity index (χ2v) is 2.84. The Balaban J connectivity index is -0.000000140. The van der Waals surface area contributed by atoms with Gasteiger partial charge in [-0.05, 0) is 12.8 Å². The summed E-state index contributed by atoms with van der Waals surface area (Å²) in [6, 6.07) is 0.181. The molecule has 81 valence electrons. The molecule has 0 fully saturated rings. The normalized spacial score (nSPS) is 10.2. The van der Waals surface area contributed by atoms with E-state index in [2.05, 4.69) is 13.8 Å². The molecular weight excluding hydrogens is 208 g/mol. The van der Waals surface area contributed by atoms with E-state index in [4.69, 9.17) is 23.6 Å². The topological polar surface area (TPSA) is 110 Å². The van der Waals surface area contributed by atoms with Crippen molar-refractivity contribution in [2.45, 2.75) is 26.8 Å². The monoisotopic (exact) mass is 229 g/mol. The van der Waals surface area contributed by atoms with E-state index in [9.17, 15) is 0 Å². The zero-order valence-electron chi connectivity index (χ0n) is 8.53. The van der Waals surface area contributed by atoms with Gasteiger partial charge in [-0.1, -0.05) is 13.8 Å². The second kappa shape index (κ2) is 18.2. The van der Waals surface area contributed by atoms with Crippen LogP contribution < -0.4 is 11.5 Å². The zero-order chi connectivity index (χ0) is 11.3. The van der Waals surface area contributed by atoms with Gasteiger partial charge in [0.1, 0.15) is 0 Å². The molecule has 1 atom stereocenters. The molecule has 0 saturated carbocycles. The fraction of sp³-hybridized carbons (Fsp3) is 1.00. The van der Waals surface area contributed by atoms with E-state index in [1.54, 1.807) is 6.92 Å². The number of aliphatic hydroxyl groups excluding tert-OH is 1. The Hall–Kier alpha value is 0.354. The van der Waals surface area contributed by atoms with E-state index in [0.717, 1.165) is 0 Å². The SMILES string of the molecule is CC(C)C(N)CN.CCO.[O]=[Ti][OH]. The first kappa shape index (κ1) is 19.0. The van der Waals surface area contributed by atoms with E-state index in [-0.39, 0.29) is 12.6 Å². The van der Waals surface area contributed by atoms with Crippen LogP contribution in [-0.2, 0) is 22.8 Å². The number of nitrogens with two attached hydrogens (primary N) is 2. The molecule has 0 aliphatic rings. The molecule has 0 heterocycles. The molecule has 0 aromatic carbocycles. The molecule has 1 unspecified atom stereocenters. The van der Waals surface area contributed by atoms with Crippen molar-refractivity contribution >= 4 is 0 Å². The standard InChI is InChI=1S/C5H14N2.C2H6O.H2O.O.Ti/c1-4(2)5(7)3-6;1-2-3;;;/h4-5H,3,6-7H2,1-2H3;3H,2H2,1H3;1H2;;/q;;;;+1/p-1. The van der Waals surface area contributed by atoms with Crippen molar-refractivity contribution in [3.8, 4) is 0 Å². The van der Waals surface area contributed by atoms with Crippen LogP contribution in [0, 0.1) is 5.92 Å². The summed E-state index contributed by atoms with van der Waals surface area (Å²) in [6.07, 6.45) is 0. The zero-order valence-corrected chi connectivity index (χ0v) is 10.1. The summed E-state index contributed by atoms with van der Waals surface area (Å²) < 4.78 is 15.8. The third-order valence-electron chi connectivity index (χ3n) is 1.13. The van der Waals surface area contributed by atoms with Crippen LogP contribution in [0.3, 0.4) is 0 Å². The summed E-state index contributed by atoms with van der Waals surface area (Å²) in [5.41, 5.74) is 10.7. The van der Waals surface area contributed by atoms with Crippen LogP contribution in [0.4, 0.5) is 0 Å². The molecule has 0 saturated heterocycles. The summed E-state index contributed by atoms with van der Waals surface area (Å²) in [6.45, 7) is 6.66. The number of hydrogen-bond donors (Lipinski definition) is 4. The third-order valence-corrected chi connectivity index (χ3v) is 1.13. The second-order valence-electron chi connectivity index (χ2n) is 2.55. The Morgan fingerprint density at radius 2 is 1.69 bits per heavy atom. The summed E-state index contributed by atoms with van der Waals surface area (Å²) in [5, 5.41) is 7.57. The fourth-order valence-electron chi connectivity index (χ4n) is 0.272. The Labute approximate surface area is 89.2 Å². The van der Waals surface area contributed by atoms with E-state index in [0.29, 0.717) is 12.5 Å². The van der Waals surface area contributed by atoms with Crippen molar-refractivity contribution < 1.29 is 31.6 Å². The van der Waals surface area contributed by atoms with Gasteiger partial charge in [0.15, 0.2) is 0 Å². The van der Waals surface area contributed by atoms with Crippen LogP contribution in [0.15, 0.2) is 0 Å². The van der Waals surface area contributed by atoms with Gasteiger partial charge in [-0.2, -0.15) is 0 Å². The van der Waals surface area contributed by atoms with E-state index < -0.39 is 19.5 Å². The molecule has 0 radical (unpaired) electrons. The van der Waals surface area contributed by atoms with Crippen molar-refractivity contribution in [1.82, 2.24) is 0 Å². The molecule has 6 N–H and O–H groups in total. The molecular formula is C7H21N2O3Ti. The molecule has 5 nitrogen and oxygen atoms in total. The molecule has 0 spiro atoms. The van der Waals surface area contributed by atoms with Gasteiger partial charge in [-0.25, -0.2) is 0 Å². The van der Waals surface area contributed by atoms with Crippen LogP contribution in [-0.4, -0.2) is 28.0 Å². The van der Waals surface area contributed by atoms with E-state index in [1.165, 1.54) is 0 Å². The van der Waals surface area contributed by atoms with E-state index in [1.807, 2.05) is 0 Å². The fourth-order valence-corrected chi connectivity index (χ4v) is 0.272. The molecule has 0 bridgehead atoms. The van der Waals surface area contributed by atoms with Crippen molar-refractivity contribution in [2.24, 2.45) is 17.4 Å². The predicted octanol–water partition coefficient (Wildman–Crippen LogP) is -0.751. The molecule has 0 rings (SSSR count). The molecule has 13 heavy (non-hydrogen) atoms. The number of hydrogen-bond acceptors (Lipinski definition) is 4. The first-order valence-electron chi connectivity index (χ1n) is 4.09. The first-order chi connectivity index (χ1) is 6.01. The molecule has 6 heteroatoms. The van der Waals surface area contributed by atoms with Gasteiger partial charge in [-0.15, -0.1) is 0 Å². The number of rotatable bonds is 2. The quantitative estimate of drug-likeness (QED) is 0.466. The summed E-state index contributed by atoms with van der Waals surface area (Å²) in [7, 11) is 0. The van der Waals surface area contributed by atoms with Gasteiger partial charge in [0.25, 0.3) is 0 Å². The van der Waals surface area contributed by atoms with Gasteiger partial charge in [-0.3, -0.25) is 0 Å². The van der Waals surface area contributed by atoms with Gasteiger partial charge in [0.2, 0.25) is 0 Å². The van der Waals surface area contributed by atoms with Crippen molar-refractivity contribution in [3.63, 3.8) is 0 Å². The molecule has 0 aromatic heterocycles. The van der Waals surface area contributed by atoms with Crippen LogP contribution in [0.2, 0.25) is 0 Å². The van der Waals surface area contributed by atoms with Gasteiger partial charge >= 0.3 is 26.5 Å². The van der Waals surface area contributed by atoms with Crippen molar-refractivity contribution in [1.29, 1.82) is 0 Å². The van der Waals surface area contributed by atoms with Crippen LogP contribution in [0.25, 0.3) is 0 Å². The predicted molar refractivity (Wildman–Crippen MR) is 47.5 cm³/mol. The molecule has 0 aliphatic carbocycles. The van der Waals surface area contributed by atoms with E-state index >= 15 is 0 Å². The van der Waals surface area contributed by atoms with Gasteiger partial charge in [0.05, 0.1) is 0 Å². The summed E-state index contributed by atoms with van der Waals surface area (Å²) in [4.78, 5) is 0. The molecule has 0 amide bonds. The molecule has 0 aliphatic heterocycles. The Bertz CT molecular complexity index is 93.8. The minimum absolute atomic E-state index is 0.181. The van der Waals surface area contributed by atoms with Crippen LogP contribution in [0.5, 0.6) is 0 Å². The van der Waals surface area contributed by atoms with Crippen molar-refractivity contribution in [2.75, 3.05) is 13.2 Å². The van der Waals surface area contributed by atoms with Gasteiger partial charge in [0, 0.05) is 19.2 Å². The van der Waals surface area contributed by atoms with Crippen molar-refractivity contribution in [3.05, 3.63) is 0 Å². The number of aliphatic hydroxyl groups is 1. The summed E-state index contributed by atoms with van der Waals surface area (Å²) in [5.74, 6) is 0.519. The third kappa shape index (κ3) is 32.8. The average molecular weight is 229 g/mol. The Morgan fingerprint density at radius 3 is 1.69 bits per heavy atom. The molecule has 0 aromatic rings. The van der Waals surface area contributed by atoms with Crippen LogP contribution >= 0.6 is 0 Å². The summed E-state index contributed by atoms with van der Waals surface area (Å²) >= 11 is -1.75. The first-order valence-corrected chi connectivity index (χ1v) is 5.42. The van der Waals surface area contributed by atoms with Gasteiger partial charge < -0.3 is 16.6 Å². The maximum atomic E-state index is 8.61.